The van der Waals surface area contributed by atoms with Gasteiger partial charge in [-0.2, -0.15) is 0 Å². The third-order valence-electron chi connectivity index (χ3n) is 0.167. The van der Waals surface area contributed by atoms with Crippen LogP contribution in [0.4, 0.5) is 0 Å². The third-order valence-corrected chi connectivity index (χ3v) is 0.167. The van der Waals surface area contributed by atoms with E-state index in [4.69, 9.17) is 11.5 Å². The van der Waals surface area contributed by atoms with E-state index in [1.807, 2.05) is 0 Å². The van der Waals surface area contributed by atoms with Crippen molar-refractivity contribution < 1.29 is 0 Å². The molecule has 0 aliphatic carbocycles. The van der Waals surface area contributed by atoms with Crippen LogP contribution in [0.15, 0.2) is 0 Å². The monoisotopic (exact) mass is 216 g/mol. The molecule has 0 atom stereocenters. The van der Waals surface area contributed by atoms with Crippen LogP contribution in [0.3, 0.4) is 0 Å². The van der Waals surface area contributed by atoms with Gasteiger partial charge in [-0.1, -0.05) is 0 Å². The van der Waals surface area contributed by atoms with Gasteiger partial charge in [-0.05, 0) is 0 Å². The number of hydrogen-bond donors (Lipinski definition) is 2. The van der Waals surface area contributed by atoms with Crippen LogP contribution in [0, 0.1) is 0 Å². The van der Waals surface area contributed by atoms with Crippen LogP contribution in [0.1, 0.15) is 0 Å². The van der Waals surface area contributed by atoms with Crippen molar-refractivity contribution in [3.05, 3.63) is 0 Å². The Balaban J connectivity index is -0.00000000750. The summed E-state index contributed by atoms with van der Waals surface area (Å²) in [7, 11) is 0. The second-order valence-electron chi connectivity index (χ2n) is 0.577. The van der Waals surface area contributed by atoms with Crippen LogP contribution in [-0.4, -0.2) is 219 Å². The van der Waals surface area contributed by atoms with Gasteiger partial charge in [0.05, 0.1) is 0 Å². The Bertz CT molecular complexity index is 14.0. The van der Waals surface area contributed by atoms with E-state index in [-0.39, 0.29) is 206 Å². The zero-order chi connectivity index (χ0) is 3.41. The van der Waals surface area contributed by atoms with Crippen LogP contribution in [0.25, 0.3) is 0 Å². The van der Waals surface area contributed by atoms with Crippen molar-refractivity contribution in [3.8, 4) is 0 Å². The van der Waals surface area contributed by atoms with Crippen molar-refractivity contribution in [2.75, 3.05) is 13.1 Å². The van der Waals surface area contributed by atoms with Gasteiger partial charge in [-0.25, -0.2) is 0 Å². The number of nitrogens with two attached hydrogens (primary N) is 2. The predicted molar refractivity (Wildman–Crippen MR) is 41.1 cm³/mol. The minimum absolute atomic E-state index is 0. The average molecular weight is 216 g/mol. The summed E-state index contributed by atoms with van der Waals surface area (Å²) in [6, 6.07) is 0. The summed E-state index contributed by atoms with van der Waals surface area (Å²) in [6.07, 6.45) is 0. The van der Waals surface area contributed by atoms with Gasteiger partial charge < -0.3 is 11.5 Å². The Kier molecular flexibility index (Phi) is 107. The van der Waals surface area contributed by atoms with Crippen LogP contribution in [-0.2, 0) is 0 Å². The molecule has 4 N–H and O–H groups in total. The first-order valence-corrected chi connectivity index (χ1v) is 1.32. The maximum Gasteiger partial charge on any atom is 0.00461 e. The summed E-state index contributed by atoms with van der Waals surface area (Å²) in [5.41, 5.74) is 9.81. The van der Waals surface area contributed by atoms with E-state index in [0.29, 0.717) is 13.1 Å². The molecular weight excluding hydrogens is 208 g/mol. The molecule has 0 aromatic carbocycles. The molecule has 0 amide bonds. The maximum atomic E-state index is 4.90. The molecule has 30 valence electrons. The first-order chi connectivity index (χ1) is 1.91. The van der Waals surface area contributed by atoms with Gasteiger partial charge >= 0.3 is 0 Å². The molecule has 0 spiro atoms. The van der Waals surface area contributed by atoms with Gasteiger partial charge in [-0.3, -0.25) is 0 Å². The Morgan fingerprint density at radius 1 is 0.625 bits per heavy atom. The summed E-state index contributed by atoms with van der Waals surface area (Å²) in [4.78, 5) is 0. The standard InChI is InChI=1S/C2H8N2.4K/c3-1-2-4;;;;/h1-4H2;;;;. The fourth-order valence-electron chi connectivity index (χ4n) is 0. The molecule has 0 saturated heterocycles. The Morgan fingerprint density at radius 2 is 0.750 bits per heavy atom. The Morgan fingerprint density at radius 3 is 0.750 bits per heavy atom. The molecule has 4 radical (unpaired) electrons. The Hall–Kier alpha value is 6.47. The quantitative estimate of drug-likeness (QED) is 0.472. The van der Waals surface area contributed by atoms with Gasteiger partial charge in [0.2, 0.25) is 0 Å². The molecule has 0 aromatic rings. The molecule has 0 rings (SSSR count). The van der Waals surface area contributed by atoms with Crippen LogP contribution in [0.5, 0.6) is 0 Å². The van der Waals surface area contributed by atoms with E-state index in [1.165, 1.54) is 0 Å². The summed E-state index contributed by atoms with van der Waals surface area (Å²) in [6.45, 7) is 1.19. The van der Waals surface area contributed by atoms with Gasteiger partial charge in [0.1, 0.15) is 0 Å². The van der Waals surface area contributed by atoms with Gasteiger partial charge in [0.25, 0.3) is 0 Å². The summed E-state index contributed by atoms with van der Waals surface area (Å²) >= 11 is 0. The van der Waals surface area contributed by atoms with Crippen molar-refractivity contribution in [1.29, 1.82) is 0 Å². The normalized spacial score (nSPS) is 3.75. The fourth-order valence-corrected chi connectivity index (χ4v) is 0. The van der Waals surface area contributed by atoms with Crippen LogP contribution < -0.4 is 11.5 Å². The first-order valence-electron chi connectivity index (χ1n) is 1.32. The molecule has 0 fully saturated rings. The zero-order valence-corrected chi connectivity index (χ0v) is 19.1. The average Bonchev–Trinajstić information content (AvgIpc) is 1.37. The molecule has 0 aromatic heterocycles. The van der Waals surface area contributed by atoms with E-state index >= 15 is 0 Å². The van der Waals surface area contributed by atoms with Gasteiger partial charge in [0, 0.05) is 219 Å². The topological polar surface area (TPSA) is 52.0 Å². The maximum absolute atomic E-state index is 4.90. The van der Waals surface area contributed by atoms with Crippen molar-refractivity contribution in [2.24, 2.45) is 11.5 Å². The molecule has 0 unspecified atom stereocenters. The molecule has 0 saturated carbocycles. The van der Waals surface area contributed by atoms with Crippen molar-refractivity contribution >= 4 is 206 Å². The van der Waals surface area contributed by atoms with Crippen molar-refractivity contribution in [3.63, 3.8) is 0 Å². The first kappa shape index (κ1) is 29.3. The molecule has 8 heavy (non-hydrogen) atoms. The zero-order valence-electron chi connectivity index (χ0n) is 6.57. The van der Waals surface area contributed by atoms with E-state index in [9.17, 15) is 0 Å². The smallest absolute Gasteiger partial charge is 0.00461 e. The van der Waals surface area contributed by atoms with Gasteiger partial charge in [0.15, 0.2) is 0 Å². The minimum atomic E-state index is 0. The van der Waals surface area contributed by atoms with Crippen molar-refractivity contribution in [2.45, 2.75) is 0 Å². The van der Waals surface area contributed by atoms with E-state index in [1.54, 1.807) is 0 Å². The summed E-state index contributed by atoms with van der Waals surface area (Å²) < 4.78 is 0. The van der Waals surface area contributed by atoms with Crippen molar-refractivity contribution in [1.82, 2.24) is 0 Å². The second kappa shape index (κ2) is 29.2. The van der Waals surface area contributed by atoms with E-state index < -0.39 is 0 Å². The van der Waals surface area contributed by atoms with Crippen LogP contribution in [0.2, 0.25) is 0 Å². The number of hydrogen-bond acceptors (Lipinski definition) is 2. The molecular formula is C2H8K4N2. The number of rotatable bonds is 1. The minimum Gasteiger partial charge on any atom is -0.329 e. The molecule has 6 heteroatoms. The van der Waals surface area contributed by atoms with E-state index in [0.717, 1.165) is 0 Å². The summed E-state index contributed by atoms with van der Waals surface area (Å²) in [5, 5.41) is 0. The molecule has 0 heterocycles. The SMILES string of the molecule is NCCN.[K].[K].[K].[K]. The largest absolute Gasteiger partial charge is 0.329 e. The fraction of sp³-hybridized carbons (Fsp3) is 1.00. The van der Waals surface area contributed by atoms with Crippen LogP contribution >= 0.6 is 0 Å². The molecule has 0 bridgehead atoms. The third kappa shape index (κ3) is 29.4. The molecule has 0 aliphatic heterocycles. The molecule has 0 aliphatic rings. The van der Waals surface area contributed by atoms with E-state index in [2.05, 4.69) is 0 Å². The second-order valence-corrected chi connectivity index (χ2v) is 0.577. The molecule has 2 nitrogen and oxygen atoms in total. The Labute approximate surface area is 221 Å². The predicted octanol–water partition coefficient (Wildman–Crippen LogP) is -2.62. The summed E-state index contributed by atoms with van der Waals surface area (Å²) in [5.74, 6) is 0. The van der Waals surface area contributed by atoms with Gasteiger partial charge in [-0.15, -0.1) is 0 Å².